The molecule has 1 aliphatic rings. The van der Waals surface area contributed by atoms with Gasteiger partial charge in [0.2, 0.25) is 10.0 Å². The molecule has 1 saturated heterocycles. The van der Waals surface area contributed by atoms with Crippen LogP contribution in [0.15, 0.2) is 18.2 Å². The molecule has 0 spiro atoms. The Morgan fingerprint density at radius 1 is 1.40 bits per heavy atom. The highest BCUT2D eigenvalue weighted by molar-refractivity contribution is 7.88. The molecule has 3 rings (SSSR count). The van der Waals surface area contributed by atoms with Crippen molar-refractivity contribution in [1.82, 2.24) is 14.3 Å². The van der Waals surface area contributed by atoms with Gasteiger partial charge in [-0.2, -0.15) is 0 Å². The molecule has 0 radical (unpaired) electrons. The summed E-state index contributed by atoms with van der Waals surface area (Å²) in [7, 11) is -3.11. The maximum atomic E-state index is 11.7. The highest BCUT2D eigenvalue weighted by Gasteiger charge is 2.28. The van der Waals surface area contributed by atoms with Gasteiger partial charge < -0.3 is 4.98 Å². The molecule has 2 heterocycles. The number of nitrogens with zero attached hydrogens (tertiary/aromatic N) is 2. The van der Waals surface area contributed by atoms with Gasteiger partial charge in [0.1, 0.15) is 5.82 Å². The molecule has 1 N–H and O–H groups in total. The molecule has 0 bridgehead atoms. The Morgan fingerprint density at radius 2 is 2.20 bits per heavy atom. The smallest absolute Gasteiger partial charge is 0.211 e. The molecule has 1 fully saturated rings. The number of aromatic amines is 1. The zero-order chi connectivity index (χ0) is 14.3. The third kappa shape index (κ3) is 2.58. The minimum absolute atomic E-state index is 0.159. The summed E-state index contributed by atoms with van der Waals surface area (Å²) < 4.78 is 24.9. The molecule has 108 valence electrons. The number of rotatable bonds is 2. The minimum Gasteiger partial charge on any atom is -0.342 e. The zero-order valence-electron chi connectivity index (χ0n) is 11.8. The molecule has 6 heteroatoms. The molecular formula is C14H19N3O2S. The van der Waals surface area contributed by atoms with Crippen LogP contribution >= 0.6 is 0 Å². The van der Waals surface area contributed by atoms with Gasteiger partial charge in [0.15, 0.2) is 0 Å². The van der Waals surface area contributed by atoms with Crippen molar-refractivity contribution >= 4 is 21.1 Å². The standard InChI is InChI=1S/C14H19N3O2S/c1-10-5-6-12-13(8-10)16-14(15-12)11-4-3-7-17(9-11)20(2,18)19/h5-6,8,11H,3-4,7,9H2,1-2H3,(H,15,16)/t11-/m1/s1. The highest BCUT2D eigenvalue weighted by atomic mass is 32.2. The van der Waals surface area contributed by atoms with Crippen molar-refractivity contribution in [2.75, 3.05) is 19.3 Å². The van der Waals surface area contributed by atoms with Crippen LogP contribution in [0.4, 0.5) is 0 Å². The molecule has 0 aliphatic carbocycles. The van der Waals surface area contributed by atoms with E-state index in [0.29, 0.717) is 13.1 Å². The van der Waals surface area contributed by atoms with Crippen molar-refractivity contribution in [2.24, 2.45) is 0 Å². The Bertz CT molecular complexity index is 736. The Morgan fingerprint density at radius 3 is 2.95 bits per heavy atom. The first kappa shape index (κ1) is 13.6. The van der Waals surface area contributed by atoms with E-state index in [1.54, 1.807) is 4.31 Å². The van der Waals surface area contributed by atoms with Crippen molar-refractivity contribution < 1.29 is 8.42 Å². The molecule has 0 saturated carbocycles. The molecule has 0 amide bonds. The van der Waals surface area contributed by atoms with Crippen LogP contribution in [0.1, 0.15) is 30.1 Å². The van der Waals surface area contributed by atoms with Crippen LogP contribution in [0.2, 0.25) is 0 Å². The van der Waals surface area contributed by atoms with Crippen molar-refractivity contribution in [3.63, 3.8) is 0 Å². The van der Waals surface area contributed by atoms with Gasteiger partial charge in [-0.05, 0) is 37.5 Å². The summed E-state index contributed by atoms with van der Waals surface area (Å²) in [5.41, 5.74) is 3.16. The summed E-state index contributed by atoms with van der Waals surface area (Å²) >= 11 is 0. The predicted octanol–water partition coefficient (Wildman–Crippen LogP) is 2.01. The normalized spacial score (nSPS) is 21.4. The fourth-order valence-corrected chi connectivity index (χ4v) is 3.71. The lowest BCUT2D eigenvalue weighted by Gasteiger charge is -2.29. The molecule has 2 aromatic rings. The number of aromatic nitrogens is 2. The lowest BCUT2D eigenvalue weighted by Crippen LogP contribution is -2.38. The maximum Gasteiger partial charge on any atom is 0.211 e. The van der Waals surface area contributed by atoms with E-state index in [1.807, 2.05) is 19.1 Å². The van der Waals surface area contributed by atoms with Gasteiger partial charge in [0, 0.05) is 19.0 Å². The second kappa shape index (κ2) is 4.86. The molecule has 1 aromatic carbocycles. The van der Waals surface area contributed by atoms with Crippen molar-refractivity contribution in [1.29, 1.82) is 0 Å². The third-order valence-corrected chi connectivity index (χ3v) is 5.17. The second-order valence-electron chi connectivity index (χ2n) is 5.60. The maximum absolute atomic E-state index is 11.7. The first-order valence-corrected chi connectivity index (χ1v) is 8.70. The van der Waals surface area contributed by atoms with Crippen LogP contribution in [0.25, 0.3) is 11.0 Å². The van der Waals surface area contributed by atoms with E-state index in [-0.39, 0.29) is 5.92 Å². The number of hydrogen-bond donors (Lipinski definition) is 1. The molecular weight excluding hydrogens is 274 g/mol. The molecule has 0 unspecified atom stereocenters. The minimum atomic E-state index is -3.11. The monoisotopic (exact) mass is 293 g/mol. The summed E-state index contributed by atoms with van der Waals surface area (Å²) in [4.78, 5) is 7.96. The number of benzene rings is 1. The third-order valence-electron chi connectivity index (χ3n) is 3.90. The largest absolute Gasteiger partial charge is 0.342 e. The Kier molecular flexibility index (Phi) is 3.30. The number of H-pyrrole nitrogens is 1. The van der Waals surface area contributed by atoms with E-state index in [0.717, 1.165) is 29.7 Å². The summed E-state index contributed by atoms with van der Waals surface area (Å²) in [5, 5.41) is 0. The Labute approximate surface area is 119 Å². The van der Waals surface area contributed by atoms with Crippen molar-refractivity contribution in [2.45, 2.75) is 25.7 Å². The first-order valence-electron chi connectivity index (χ1n) is 6.85. The van der Waals surface area contributed by atoms with E-state index < -0.39 is 10.0 Å². The number of imidazole rings is 1. The molecule has 5 nitrogen and oxygen atoms in total. The van der Waals surface area contributed by atoms with Gasteiger partial charge in [-0.3, -0.25) is 0 Å². The average molecular weight is 293 g/mol. The Hall–Kier alpha value is -1.40. The fraction of sp³-hybridized carbons (Fsp3) is 0.500. The number of piperidine rings is 1. The molecule has 20 heavy (non-hydrogen) atoms. The van der Waals surface area contributed by atoms with E-state index >= 15 is 0 Å². The van der Waals surface area contributed by atoms with Gasteiger partial charge >= 0.3 is 0 Å². The van der Waals surface area contributed by atoms with Crippen LogP contribution in [-0.2, 0) is 10.0 Å². The summed E-state index contributed by atoms with van der Waals surface area (Å²) in [6, 6.07) is 6.11. The number of hydrogen-bond acceptors (Lipinski definition) is 3. The molecule has 1 atom stereocenters. The van der Waals surface area contributed by atoms with Crippen LogP contribution in [0, 0.1) is 6.92 Å². The van der Waals surface area contributed by atoms with Gasteiger partial charge in [0.05, 0.1) is 17.3 Å². The summed E-state index contributed by atoms with van der Waals surface area (Å²) in [5.74, 6) is 1.06. The van der Waals surface area contributed by atoms with E-state index in [1.165, 1.54) is 11.8 Å². The number of fused-ring (bicyclic) bond motifs is 1. The van der Waals surface area contributed by atoms with E-state index in [9.17, 15) is 8.42 Å². The lowest BCUT2D eigenvalue weighted by atomic mass is 9.99. The average Bonchev–Trinajstić information content (AvgIpc) is 2.81. The lowest BCUT2D eigenvalue weighted by molar-refractivity contribution is 0.312. The quantitative estimate of drug-likeness (QED) is 0.921. The Balaban J connectivity index is 1.90. The first-order chi connectivity index (χ1) is 9.43. The zero-order valence-corrected chi connectivity index (χ0v) is 12.6. The number of aryl methyl sites for hydroxylation is 1. The van der Waals surface area contributed by atoms with Gasteiger partial charge in [-0.15, -0.1) is 0 Å². The summed E-state index contributed by atoms with van der Waals surface area (Å²) in [6.07, 6.45) is 3.13. The van der Waals surface area contributed by atoms with E-state index in [2.05, 4.69) is 16.0 Å². The van der Waals surface area contributed by atoms with Crippen LogP contribution in [0.5, 0.6) is 0 Å². The van der Waals surface area contributed by atoms with Crippen molar-refractivity contribution in [3.05, 3.63) is 29.6 Å². The van der Waals surface area contributed by atoms with Crippen LogP contribution < -0.4 is 0 Å². The fourth-order valence-electron chi connectivity index (χ4n) is 2.80. The van der Waals surface area contributed by atoms with Gasteiger partial charge in [-0.1, -0.05) is 6.07 Å². The second-order valence-corrected chi connectivity index (χ2v) is 7.59. The van der Waals surface area contributed by atoms with E-state index in [4.69, 9.17) is 0 Å². The van der Waals surface area contributed by atoms with Gasteiger partial charge in [-0.25, -0.2) is 17.7 Å². The van der Waals surface area contributed by atoms with Crippen LogP contribution in [-0.4, -0.2) is 42.0 Å². The predicted molar refractivity (Wildman–Crippen MR) is 79.2 cm³/mol. The van der Waals surface area contributed by atoms with Crippen LogP contribution in [0.3, 0.4) is 0 Å². The SMILES string of the molecule is Cc1ccc2nc([C@@H]3CCCN(S(C)(=O)=O)C3)[nH]c2c1. The number of nitrogens with one attached hydrogen (secondary N) is 1. The summed E-state index contributed by atoms with van der Waals surface area (Å²) in [6.45, 7) is 3.19. The van der Waals surface area contributed by atoms with Gasteiger partial charge in [0.25, 0.3) is 0 Å². The highest BCUT2D eigenvalue weighted by Crippen LogP contribution is 2.28. The molecule has 1 aliphatic heterocycles. The molecule has 1 aromatic heterocycles. The number of sulfonamides is 1. The van der Waals surface area contributed by atoms with Crippen molar-refractivity contribution in [3.8, 4) is 0 Å². The topological polar surface area (TPSA) is 66.1 Å².